The maximum atomic E-state index is 11.6. The summed E-state index contributed by atoms with van der Waals surface area (Å²) in [5.41, 5.74) is 0.568. The lowest BCUT2D eigenvalue weighted by molar-refractivity contribution is -0.0789. The minimum atomic E-state index is -0.300. The molecule has 0 atom stereocenters. The number of carbonyl (C=O) groups is 1. The number of hydrogen-bond acceptors (Lipinski definition) is 3. The van der Waals surface area contributed by atoms with Crippen LogP contribution in [0.2, 0.25) is 0 Å². The molecule has 4 fully saturated rings. The topological polar surface area (TPSA) is 35.5 Å². The number of benzene rings is 1. The van der Waals surface area contributed by atoms with E-state index in [4.69, 9.17) is 9.47 Å². The van der Waals surface area contributed by atoms with Gasteiger partial charge in [-0.2, -0.15) is 0 Å². The second-order valence-electron chi connectivity index (χ2n) is 7.03. The Labute approximate surface area is 125 Å². The van der Waals surface area contributed by atoms with Gasteiger partial charge in [0, 0.05) is 0 Å². The molecule has 4 bridgehead atoms. The smallest absolute Gasteiger partial charge is 0.337 e. The van der Waals surface area contributed by atoms with E-state index in [0.717, 1.165) is 29.4 Å². The molecule has 3 nitrogen and oxygen atoms in total. The zero-order valence-electron chi connectivity index (χ0n) is 12.5. The average molecular weight is 286 g/mol. The van der Waals surface area contributed by atoms with E-state index in [0.29, 0.717) is 11.7 Å². The molecule has 0 spiro atoms. The minimum absolute atomic E-state index is 0.300. The molecule has 5 rings (SSSR count). The van der Waals surface area contributed by atoms with Crippen molar-refractivity contribution in [3.8, 4) is 5.75 Å². The average Bonchev–Trinajstić information content (AvgIpc) is 2.49. The van der Waals surface area contributed by atoms with E-state index in [-0.39, 0.29) is 5.97 Å². The normalized spacial score (nSPS) is 36.5. The Morgan fingerprint density at radius 3 is 2.33 bits per heavy atom. The first-order valence-electron chi connectivity index (χ1n) is 8.08. The second-order valence-corrected chi connectivity index (χ2v) is 7.03. The van der Waals surface area contributed by atoms with Gasteiger partial charge in [-0.25, -0.2) is 4.79 Å². The summed E-state index contributed by atoms with van der Waals surface area (Å²) in [6, 6.07) is 7.42. The molecule has 4 saturated carbocycles. The van der Waals surface area contributed by atoms with Gasteiger partial charge in [0.25, 0.3) is 0 Å². The van der Waals surface area contributed by atoms with Crippen LogP contribution < -0.4 is 4.74 Å². The van der Waals surface area contributed by atoms with Gasteiger partial charge in [0.1, 0.15) is 11.9 Å². The maximum Gasteiger partial charge on any atom is 0.337 e. The van der Waals surface area contributed by atoms with Crippen LogP contribution in [0.25, 0.3) is 0 Å². The van der Waals surface area contributed by atoms with Crippen molar-refractivity contribution in [1.82, 2.24) is 0 Å². The van der Waals surface area contributed by atoms with Crippen LogP contribution in [0.3, 0.4) is 0 Å². The van der Waals surface area contributed by atoms with Crippen LogP contribution in [0, 0.1) is 23.7 Å². The highest BCUT2D eigenvalue weighted by atomic mass is 16.5. The van der Waals surface area contributed by atoms with Gasteiger partial charge < -0.3 is 9.47 Å². The number of ether oxygens (including phenoxy) is 2. The zero-order chi connectivity index (χ0) is 14.4. The lowest BCUT2D eigenvalue weighted by Crippen LogP contribution is -2.50. The highest BCUT2D eigenvalue weighted by Crippen LogP contribution is 2.54. The summed E-state index contributed by atoms with van der Waals surface area (Å²) in [5, 5.41) is 0. The molecule has 0 saturated heterocycles. The molecule has 3 heteroatoms. The lowest BCUT2D eigenvalue weighted by Gasteiger charge is -2.53. The summed E-state index contributed by atoms with van der Waals surface area (Å²) >= 11 is 0. The van der Waals surface area contributed by atoms with E-state index in [1.54, 1.807) is 6.07 Å². The van der Waals surface area contributed by atoms with Crippen molar-refractivity contribution in [2.45, 2.75) is 38.2 Å². The third-order valence-corrected chi connectivity index (χ3v) is 5.67. The van der Waals surface area contributed by atoms with E-state index in [1.807, 2.05) is 18.2 Å². The van der Waals surface area contributed by atoms with Gasteiger partial charge in [-0.3, -0.25) is 0 Å². The van der Waals surface area contributed by atoms with Crippen molar-refractivity contribution in [3.05, 3.63) is 29.8 Å². The molecule has 4 aliphatic rings. The van der Waals surface area contributed by atoms with E-state index in [9.17, 15) is 4.79 Å². The first kappa shape index (κ1) is 13.2. The van der Waals surface area contributed by atoms with E-state index < -0.39 is 0 Å². The van der Waals surface area contributed by atoms with Crippen LogP contribution in [-0.4, -0.2) is 19.2 Å². The lowest BCUT2D eigenvalue weighted by atomic mass is 9.55. The van der Waals surface area contributed by atoms with Gasteiger partial charge in [-0.1, -0.05) is 6.07 Å². The number of hydrogen-bond donors (Lipinski definition) is 0. The summed E-state index contributed by atoms with van der Waals surface area (Å²) in [6.45, 7) is 0. The Bertz CT molecular complexity index is 523. The predicted molar refractivity (Wildman–Crippen MR) is 79.2 cm³/mol. The van der Waals surface area contributed by atoms with Crippen molar-refractivity contribution in [1.29, 1.82) is 0 Å². The Hall–Kier alpha value is -1.51. The molecule has 0 radical (unpaired) electrons. The fourth-order valence-corrected chi connectivity index (χ4v) is 5.04. The quantitative estimate of drug-likeness (QED) is 0.795. The minimum Gasteiger partial charge on any atom is -0.490 e. The van der Waals surface area contributed by atoms with Crippen LogP contribution in [0.1, 0.15) is 42.5 Å². The highest BCUT2D eigenvalue weighted by molar-refractivity contribution is 5.89. The van der Waals surface area contributed by atoms with Crippen LogP contribution in [0.5, 0.6) is 5.75 Å². The summed E-state index contributed by atoms with van der Waals surface area (Å²) in [4.78, 5) is 11.6. The Kier molecular flexibility index (Phi) is 3.16. The second kappa shape index (κ2) is 5.04. The number of methoxy groups -OCH3 is 1. The monoisotopic (exact) mass is 286 g/mol. The van der Waals surface area contributed by atoms with Crippen molar-refractivity contribution >= 4 is 5.97 Å². The molecule has 0 aliphatic heterocycles. The van der Waals surface area contributed by atoms with E-state index >= 15 is 0 Å². The predicted octanol–water partition coefficient (Wildman–Crippen LogP) is 3.68. The molecule has 0 unspecified atom stereocenters. The maximum absolute atomic E-state index is 11.6. The van der Waals surface area contributed by atoms with E-state index in [1.165, 1.54) is 39.2 Å². The van der Waals surface area contributed by atoms with Crippen LogP contribution >= 0.6 is 0 Å². The first-order chi connectivity index (χ1) is 10.2. The number of carbonyl (C=O) groups excluding carboxylic acids is 1. The summed E-state index contributed by atoms with van der Waals surface area (Å²) < 4.78 is 11.1. The van der Waals surface area contributed by atoms with Gasteiger partial charge in [-0.15, -0.1) is 0 Å². The zero-order valence-corrected chi connectivity index (χ0v) is 12.5. The van der Waals surface area contributed by atoms with Gasteiger partial charge in [-0.05, 0) is 74.0 Å². The van der Waals surface area contributed by atoms with Crippen LogP contribution in [0.15, 0.2) is 24.3 Å². The molecular formula is C18H22O3. The molecule has 21 heavy (non-hydrogen) atoms. The Morgan fingerprint density at radius 2 is 1.71 bits per heavy atom. The third kappa shape index (κ3) is 2.33. The molecule has 0 heterocycles. The summed E-state index contributed by atoms with van der Waals surface area (Å²) in [5.74, 6) is 3.87. The molecule has 0 aromatic heterocycles. The third-order valence-electron chi connectivity index (χ3n) is 5.67. The van der Waals surface area contributed by atoms with Crippen molar-refractivity contribution in [2.24, 2.45) is 23.7 Å². The molecular weight excluding hydrogens is 264 g/mol. The van der Waals surface area contributed by atoms with Crippen LogP contribution in [-0.2, 0) is 4.74 Å². The highest BCUT2D eigenvalue weighted by Gasteiger charge is 2.49. The summed E-state index contributed by atoms with van der Waals surface area (Å²) in [7, 11) is 1.41. The van der Waals surface area contributed by atoms with Crippen molar-refractivity contribution in [2.75, 3.05) is 7.11 Å². The molecule has 0 amide bonds. The first-order valence-corrected chi connectivity index (χ1v) is 8.08. The molecule has 0 N–H and O–H groups in total. The number of esters is 1. The van der Waals surface area contributed by atoms with Crippen LogP contribution in [0.4, 0.5) is 0 Å². The van der Waals surface area contributed by atoms with Crippen molar-refractivity contribution in [3.63, 3.8) is 0 Å². The molecule has 1 aromatic carbocycles. The van der Waals surface area contributed by atoms with Gasteiger partial charge in [0.2, 0.25) is 0 Å². The SMILES string of the molecule is COC(=O)c1cccc(OC2C3CC4CC(C3)CC2C4)c1. The largest absolute Gasteiger partial charge is 0.490 e. The fourth-order valence-electron chi connectivity index (χ4n) is 5.04. The number of rotatable bonds is 3. The molecule has 112 valence electrons. The fraction of sp³-hybridized carbons (Fsp3) is 0.611. The van der Waals surface area contributed by atoms with Crippen molar-refractivity contribution < 1.29 is 14.3 Å². The Balaban J connectivity index is 1.52. The molecule has 1 aromatic rings. The van der Waals surface area contributed by atoms with Gasteiger partial charge in [0.05, 0.1) is 12.7 Å². The summed E-state index contributed by atoms with van der Waals surface area (Å²) in [6.07, 6.45) is 7.17. The Morgan fingerprint density at radius 1 is 1.05 bits per heavy atom. The standard InChI is InChI=1S/C18H22O3/c1-20-18(19)13-3-2-4-16(10-13)21-17-14-6-11-5-12(8-14)9-15(17)7-11/h2-4,10-12,14-15,17H,5-9H2,1H3. The molecule has 4 aliphatic carbocycles. The van der Waals surface area contributed by atoms with Gasteiger partial charge >= 0.3 is 5.97 Å². The van der Waals surface area contributed by atoms with Gasteiger partial charge in [0.15, 0.2) is 0 Å². The van der Waals surface area contributed by atoms with E-state index in [2.05, 4.69) is 0 Å².